The maximum absolute atomic E-state index is 11.5. The van der Waals surface area contributed by atoms with E-state index in [1.807, 2.05) is 18.2 Å². The average molecular weight is 459 g/mol. The molecule has 34 heavy (non-hydrogen) atoms. The Hall–Kier alpha value is -4.01. The third kappa shape index (κ3) is 4.68. The van der Waals surface area contributed by atoms with Crippen molar-refractivity contribution in [1.82, 2.24) is 24.7 Å². The molecule has 5 rings (SSSR count). The molecule has 0 spiro atoms. The summed E-state index contributed by atoms with van der Waals surface area (Å²) in [4.78, 5) is 24.7. The molecule has 1 aromatic carbocycles. The smallest absolute Gasteiger partial charge is 0.305 e. The van der Waals surface area contributed by atoms with Crippen LogP contribution < -0.4 is 10.1 Å². The predicted octanol–water partition coefficient (Wildman–Crippen LogP) is 3.57. The van der Waals surface area contributed by atoms with Crippen LogP contribution in [0.15, 0.2) is 48.9 Å². The lowest BCUT2D eigenvalue weighted by Crippen LogP contribution is -2.17. The van der Waals surface area contributed by atoms with Gasteiger partial charge in [-0.15, -0.1) is 0 Å². The van der Waals surface area contributed by atoms with Crippen LogP contribution in [0.3, 0.4) is 0 Å². The Morgan fingerprint density at radius 3 is 2.88 bits per heavy atom. The summed E-state index contributed by atoms with van der Waals surface area (Å²) < 4.78 is 7.70. The largest absolute Gasteiger partial charge is 0.493 e. The van der Waals surface area contributed by atoms with E-state index in [1.165, 1.54) is 5.56 Å². The first-order valence-corrected chi connectivity index (χ1v) is 11.4. The van der Waals surface area contributed by atoms with Crippen LogP contribution in [0.2, 0.25) is 0 Å². The van der Waals surface area contributed by atoms with Crippen molar-refractivity contribution in [2.75, 3.05) is 18.5 Å². The fraction of sp³-hybridized carbons (Fsp3) is 0.320. The highest BCUT2D eigenvalue weighted by molar-refractivity contribution is 5.81. The van der Waals surface area contributed by atoms with Gasteiger partial charge in [-0.3, -0.25) is 9.48 Å². The molecule has 3 aromatic heterocycles. The molecule has 9 heteroatoms. The van der Waals surface area contributed by atoms with E-state index in [9.17, 15) is 9.90 Å². The minimum atomic E-state index is -0.917. The Kier molecular flexibility index (Phi) is 6.07. The number of rotatable bonds is 8. The minimum Gasteiger partial charge on any atom is -0.493 e. The number of benzene rings is 1. The predicted molar refractivity (Wildman–Crippen MR) is 127 cm³/mol. The number of fused-ring (bicyclic) bond motifs is 2. The maximum atomic E-state index is 11.5. The number of aliphatic carboxylic acids is 1. The number of aryl methyl sites for hydroxylation is 2. The third-order valence-corrected chi connectivity index (χ3v) is 5.99. The van der Waals surface area contributed by atoms with Crippen LogP contribution in [0, 0.1) is 6.92 Å². The standard InChI is InChI=1S/C25H26N6O3/c1-16-27-13-19(14-28-16)23(12-24(32)33)31-22-7-6-21(11-18(22)15-29-31)34-10-8-20-5-4-17-3-2-9-26-25(17)30-20/h4-7,11,13-15,23H,2-3,8-10,12H2,1H3,(H,26,30)(H,32,33)/t23-/m0/s1. The lowest BCUT2D eigenvalue weighted by Gasteiger charge is -2.17. The third-order valence-electron chi connectivity index (χ3n) is 5.99. The molecule has 174 valence electrons. The van der Waals surface area contributed by atoms with Crippen LogP contribution in [-0.2, 0) is 17.6 Å². The number of nitrogens with one attached hydrogen (secondary N) is 1. The first kappa shape index (κ1) is 21.8. The van der Waals surface area contributed by atoms with Gasteiger partial charge in [-0.05, 0) is 49.6 Å². The number of carbonyl (C=O) groups is 1. The summed E-state index contributed by atoms with van der Waals surface area (Å²) in [6.07, 6.45) is 7.85. The first-order chi connectivity index (χ1) is 16.6. The number of pyridine rings is 1. The summed E-state index contributed by atoms with van der Waals surface area (Å²) in [6.45, 7) is 3.27. The number of carboxylic acids is 1. The number of hydrogen-bond acceptors (Lipinski definition) is 7. The van der Waals surface area contributed by atoms with Crippen LogP contribution >= 0.6 is 0 Å². The van der Waals surface area contributed by atoms with E-state index in [1.54, 1.807) is 30.2 Å². The number of aromatic nitrogens is 5. The maximum Gasteiger partial charge on any atom is 0.305 e. The Bertz CT molecular complexity index is 1320. The molecular weight excluding hydrogens is 432 g/mol. The molecule has 0 bridgehead atoms. The van der Waals surface area contributed by atoms with Gasteiger partial charge in [-0.25, -0.2) is 15.0 Å². The van der Waals surface area contributed by atoms with E-state index in [4.69, 9.17) is 9.72 Å². The van der Waals surface area contributed by atoms with Crippen LogP contribution in [-0.4, -0.2) is 49.0 Å². The molecule has 1 aliphatic rings. The van der Waals surface area contributed by atoms with E-state index in [0.29, 0.717) is 24.4 Å². The minimum absolute atomic E-state index is 0.121. The molecule has 0 radical (unpaired) electrons. The summed E-state index contributed by atoms with van der Waals surface area (Å²) >= 11 is 0. The lowest BCUT2D eigenvalue weighted by molar-refractivity contribution is -0.137. The molecule has 0 aliphatic carbocycles. The van der Waals surface area contributed by atoms with Crippen LogP contribution in [0.4, 0.5) is 5.82 Å². The highest BCUT2D eigenvalue weighted by Gasteiger charge is 2.21. The molecule has 1 aliphatic heterocycles. The monoisotopic (exact) mass is 458 g/mol. The number of anilines is 1. The highest BCUT2D eigenvalue weighted by Crippen LogP contribution is 2.28. The molecule has 4 aromatic rings. The molecule has 1 atom stereocenters. The molecular formula is C25H26N6O3. The first-order valence-electron chi connectivity index (χ1n) is 11.4. The number of nitrogens with zero attached hydrogens (tertiary/aromatic N) is 5. The molecule has 0 fully saturated rings. The normalized spacial score (nSPS) is 13.8. The lowest BCUT2D eigenvalue weighted by atomic mass is 10.1. The number of ether oxygens (including phenoxy) is 1. The van der Waals surface area contributed by atoms with Crippen molar-refractivity contribution in [1.29, 1.82) is 0 Å². The van der Waals surface area contributed by atoms with E-state index in [2.05, 4.69) is 32.5 Å². The topological polar surface area (TPSA) is 115 Å². The van der Waals surface area contributed by atoms with Crippen molar-refractivity contribution in [2.24, 2.45) is 0 Å². The van der Waals surface area contributed by atoms with Gasteiger partial charge in [-0.1, -0.05) is 6.07 Å². The molecule has 0 unspecified atom stereocenters. The second-order valence-electron chi connectivity index (χ2n) is 8.43. The fourth-order valence-corrected chi connectivity index (χ4v) is 4.24. The summed E-state index contributed by atoms with van der Waals surface area (Å²) in [5, 5.41) is 18.2. The van der Waals surface area contributed by atoms with Gasteiger partial charge in [0.15, 0.2) is 0 Å². The van der Waals surface area contributed by atoms with E-state index in [-0.39, 0.29) is 6.42 Å². The van der Waals surface area contributed by atoms with Gasteiger partial charge >= 0.3 is 5.97 Å². The van der Waals surface area contributed by atoms with Gasteiger partial charge in [0.1, 0.15) is 17.4 Å². The Balaban J connectivity index is 1.30. The van der Waals surface area contributed by atoms with E-state index >= 15 is 0 Å². The summed E-state index contributed by atoms with van der Waals surface area (Å²) in [7, 11) is 0. The second-order valence-corrected chi connectivity index (χ2v) is 8.43. The van der Waals surface area contributed by atoms with Gasteiger partial charge in [0.25, 0.3) is 0 Å². The SMILES string of the molecule is Cc1ncc([C@H](CC(=O)O)n2ncc3cc(OCCc4ccc5c(n4)NCCC5)ccc32)cn1. The van der Waals surface area contributed by atoms with E-state index < -0.39 is 12.0 Å². The Morgan fingerprint density at radius 1 is 1.21 bits per heavy atom. The van der Waals surface area contributed by atoms with Crippen molar-refractivity contribution in [3.8, 4) is 5.75 Å². The van der Waals surface area contributed by atoms with Crippen molar-refractivity contribution in [3.63, 3.8) is 0 Å². The molecule has 0 saturated carbocycles. The van der Waals surface area contributed by atoms with E-state index in [0.717, 1.165) is 47.6 Å². The molecule has 0 saturated heterocycles. The average Bonchev–Trinajstić information content (AvgIpc) is 3.26. The molecule has 4 heterocycles. The van der Waals surface area contributed by atoms with Crippen LogP contribution in [0.25, 0.3) is 10.9 Å². The fourth-order valence-electron chi connectivity index (χ4n) is 4.24. The van der Waals surface area contributed by atoms with Crippen molar-refractivity contribution >= 4 is 22.7 Å². The van der Waals surface area contributed by atoms with Crippen molar-refractivity contribution in [3.05, 3.63) is 71.6 Å². The molecule has 2 N–H and O–H groups in total. The van der Waals surface area contributed by atoms with Crippen molar-refractivity contribution in [2.45, 2.75) is 38.6 Å². The van der Waals surface area contributed by atoms with Gasteiger partial charge in [0.05, 0.1) is 30.8 Å². The second kappa shape index (κ2) is 9.46. The Morgan fingerprint density at radius 2 is 2.06 bits per heavy atom. The van der Waals surface area contributed by atoms with Crippen LogP contribution in [0.1, 0.15) is 41.5 Å². The van der Waals surface area contributed by atoms with Crippen molar-refractivity contribution < 1.29 is 14.6 Å². The summed E-state index contributed by atoms with van der Waals surface area (Å²) in [5.41, 5.74) is 3.79. The quantitative estimate of drug-likeness (QED) is 0.412. The highest BCUT2D eigenvalue weighted by atomic mass is 16.5. The molecule has 0 amide bonds. The number of carboxylic acid groups (broad SMARTS) is 1. The zero-order chi connectivity index (χ0) is 23.5. The van der Waals surface area contributed by atoms with Crippen LogP contribution in [0.5, 0.6) is 5.75 Å². The summed E-state index contributed by atoms with van der Waals surface area (Å²) in [6, 6.07) is 9.42. The van der Waals surface area contributed by atoms with Gasteiger partial charge in [-0.2, -0.15) is 5.10 Å². The number of hydrogen-bond donors (Lipinski definition) is 2. The zero-order valence-electron chi connectivity index (χ0n) is 18.9. The van der Waals surface area contributed by atoms with Gasteiger partial charge in [0, 0.05) is 42.0 Å². The van der Waals surface area contributed by atoms with Gasteiger partial charge < -0.3 is 15.2 Å². The van der Waals surface area contributed by atoms with Gasteiger partial charge in [0.2, 0.25) is 0 Å². The molecule has 9 nitrogen and oxygen atoms in total. The summed E-state index contributed by atoms with van der Waals surface area (Å²) in [5.74, 6) is 1.44. The Labute approximate surface area is 196 Å². The zero-order valence-corrected chi connectivity index (χ0v) is 18.9.